The molecule has 17 heavy (non-hydrogen) atoms. The van der Waals surface area contributed by atoms with Crippen LogP contribution >= 0.6 is 0 Å². The molecule has 1 unspecified atom stereocenters. The van der Waals surface area contributed by atoms with Gasteiger partial charge in [0.2, 0.25) is 0 Å². The van der Waals surface area contributed by atoms with E-state index in [1.54, 1.807) is 7.11 Å². The average molecular weight is 242 g/mol. The van der Waals surface area contributed by atoms with Crippen LogP contribution in [0, 0.1) is 13.8 Å². The van der Waals surface area contributed by atoms with E-state index >= 15 is 0 Å². The minimum atomic E-state index is -0.236. The van der Waals surface area contributed by atoms with Crippen LogP contribution in [0.2, 0.25) is 0 Å². The zero-order valence-electron chi connectivity index (χ0n) is 11.0. The average Bonchev–Trinajstić information content (AvgIpc) is 2.57. The zero-order valence-corrected chi connectivity index (χ0v) is 11.0. The van der Waals surface area contributed by atoms with Crippen LogP contribution in [0.4, 0.5) is 0 Å². The number of rotatable bonds is 7. The Bertz CT molecular complexity index is 324. The van der Waals surface area contributed by atoms with Crippen LogP contribution < -0.4 is 5.32 Å². The van der Waals surface area contributed by atoms with E-state index in [-0.39, 0.29) is 12.1 Å². The highest BCUT2D eigenvalue weighted by atomic mass is 16.5. The second kappa shape index (κ2) is 6.14. The summed E-state index contributed by atoms with van der Waals surface area (Å²) in [6.07, 6.45) is 0.643. The van der Waals surface area contributed by atoms with Crippen molar-refractivity contribution in [2.24, 2.45) is 0 Å². The standard InChI is InChI=1S/C12H22N2O3/c1-9-11(10(2)17-14-9)7-13-12(3,5-6-15)8-16-4/h13,15H,5-8H2,1-4H3. The SMILES string of the molecule is COCC(C)(CCO)NCc1c(C)noc1C. The number of methoxy groups -OCH3 is 1. The van der Waals surface area contributed by atoms with Crippen LogP contribution in [0.15, 0.2) is 4.52 Å². The third kappa shape index (κ3) is 3.80. The third-order valence-electron chi connectivity index (χ3n) is 3.00. The lowest BCUT2D eigenvalue weighted by Gasteiger charge is -2.29. The molecule has 0 spiro atoms. The summed E-state index contributed by atoms with van der Waals surface area (Å²) in [5.41, 5.74) is 1.74. The first-order valence-electron chi connectivity index (χ1n) is 5.79. The smallest absolute Gasteiger partial charge is 0.138 e. The molecule has 1 rings (SSSR count). The van der Waals surface area contributed by atoms with Gasteiger partial charge in [-0.05, 0) is 27.2 Å². The van der Waals surface area contributed by atoms with Crippen LogP contribution in [0.5, 0.6) is 0 Å². The number of hydrogen-bond donors (Lipinski definition) is 2. The highest BCUT2D eigenvalue weighted by Gasteiger charge is 2.24. The molecule has 0 saturated heterocycles. The summed E-state index contributed by atoms with van der Waals surface area (Å²) in [5.74, 6) is 0.832. The van der Waals surface area contributed by atoms with Crippen molar-refractivity contribution < 1.29 is 14.4 Å². The highest BCUT2D eigenvalue weighted by molar-refractivity contribution is 5.20. The monoisotopic (exact) mass is 242 g/mol. The first-order chi connectivity index (χ1) is 8.02. The molecule has 0 radical (unpaired) electrons. The quantitative estimate of drug-likeness (QED) is 0.751. The number of ether oxygens (including phenoxy) is 1. The number of aryl methyl sites for hydroxylation is 2. The maximum atomic E-state index is 9.07. The van der Waals surface area contributed by atoms with Gasteiger partial charge < -0.3 is 19.7 Å². The van der Waals surface area contributed by atoms with Crippen LogP contribution in [0.1, 0.15) is 30.4 Å². The van der Waals surface area contributed by atoms with Crippen molar-refractivity contribution in [3.8, 4) is 0 Å². The normalized spacial score (nSPS) is 14.9. The van der Waals surface area contributed by atoms with Crippen molar-refractivity contribution >= 4 is 0 Å². The molecule has 1 aromatic heterocycles. The van der Waals surface area contributed by atoms with Gasteiger partial charge in [0.15, 0.2) is 0 Å². The van der Waals surface area contributed by atoms with Gasteiger partial charge in [0, 0.05) is 31.4 Å². The molecule has 98 valence electrons. The van der Waals surface area contributed by atoms with Crippen LogP contribution in [0.3, 0.4) is 0 Å². The van der Waals surface area contributed by atoms with E-state index < -0.39 is 0 Å². The Labute approximate surface area is 102 Å². The van der Waals surface area contributed by atoms with E-state index in [0.29, 0.717) is 19.6 Å². The van der Waals surface area contributed by atoms with Crippen LogP contribution in [-0.4, -0.2) is 36.1 Å². The molecule has 1 heterocycles. The van der Waals surface area contributed by atoms with Gasteiger partial charge >= 0.3 is 0 Å². The lowest BCUT2D eigenvalue weighted by molar-refractivity contribution is 0.0968. The number of aliphatic hydroxyl groups is 1. The van der Waals surface area contributed by atoms with E-state index in [1.165, 1.54) is 0 Å². The predicted molar refractivity (Wildman–Crippen MR) is 64.8 cm³/mol. The molecule has 0 bridgehead atoms. The zero-order chi connectivity index (χ0) is 12.9. The molecule has 0 aliphatic rings. The molecular weight excluding hydrogens is 220 g/mol. The summed E-state index contributed by atoms with van der Waals surface area (Å²) in [7, 11) is 1.66. The van der Waals surface area contributed by atoms with Gasteiger partial charge in [-0.3, -0.25) is 0 Å². The Kier molecular flexibility index (Phi) is 5.11. The summed E-state index contributed by atoms with van der Waals surface area (Å²) in [6.45, 7) is 7.21. The molecule has 5 nitrogen and oxygen atoms in total. The summed E-state index contributed by atoms with van der Waals surface area (Å²) < 4.78 is 10.3. The summed E-state index contributed by atoms with van der Waals surface area (Å²) >= 11 is 0. The van der Waals surface area contributed by atoms with Gasteiger partial charge in [-0.2, -0.15) is 0 Å². The third-order valence-corrected chi connectivity index (χ3v) is 3.00. The van der Waals surface area contributed by atoms with Crippen molar-refractivity contribution in [1.29, 1.82) is 0 Å². The Balaban J connectivity index is 2.63. The summed E-state index contributed by atoms with van der Waals surface area (Å²) in [6, 6.07) is 0. The Morgan fingerprint density at radius 1 is 1.47 bits per heavy atom. The van der Waals surface area contributed by atoms with Gasteiger partial charge in [-0.1, -0.05) is 5.16 Å². The number of aromatic nitrogens is 1. The van der Waals surface area contributed by atoms with Gasteiger partial charge in [0.25, 0.3) is 0 Å². The first-order valence-corrected chi connectivity index (χ1v) is 5.79. The first kappa shape index (κ1) is 14.2. The van der Waals surface area contributed by atoms with E-state index in [9.17, 15) is 0 Å². The van der Waals surface area contributed by atoms with E-state index in [4.69, 9.17) is 14.4 Å². The van der Waals surface area contributed by atoms with Crippen molar-refractivity contribution in [3.05, 3.63) is 17.0 Å². The fourth-order valence-electron chi connectivity index (χ4n) is 1.83. The number of aliphatic hydroxyl groups excluding tert-OH is 1. The Morgan fingerprint density at radius 2 is 2.18 bits per heavy atom. The highest BCUT2D eigenvalue weighted by Crippen LogP contribution is 2.15. The lowest BCUT2D eigenvalue weighted by Crippen LogP contribution is -2.46. The van der Waals surface area contributed by atoms with Crippen molar-refractivity contribution in [2.45, 2.75) is 39.3 Å². The molecule has 0 aliphatic carbocycles. The molecule has 1 aromatic rings. The topological polar surface area (TPSA) is 67.5 Å². The molecule has 0 amide bonds. The molecule has 1 atom stereocenters. The minimum Gasteiger partial charge on any atom is -0.396 e. The largest absolute Gasteiger partial charge is 0.396 e. The molecular formula is C12H22N2O3. The molecule has 5 heteroatoms. The maximum absolute atomic E-state index is 9.07. The second-order valence-electron chi connectivity index (χ2n) is 4.62. The van der Waals surface area contributed by atoms with Gasteiger partial charge in [0.1, 0.15) is 5.76 Å². The van der Waals surface area contributed by atoms with Gasteiger partial charge in [-0.25, -0.2) is 0 Å². The van der Waals surface area contributed by atoms with Crippen LogP contribution in [-0.2, 0) is 11.3 Å². The van der Waals surface area contributed by atoms with Gasteiger partial charge in [0.05, 0.1) is 12.3 Å². The Morgan fingerprint density at radius 3 is 2.65 bits per heavy atom. The fraction of sp³-hybridized carbons (Fsp3) is 0.750. The molecule has 0 saturated carbocycles. The predicted octanol–water partition coefficient (Wildman–Crippen LogP) is 1.17. The molecule has 0 aliphatic heterocycles. The van der Waals surface area contributed by atoms with E-state index in [2.05, 4.69) is 10.5 Å². The van der Waals surface area contributed by atoms with Crippen molar-refractivity contribution in [2.75, 3.05) is 20.3 Å². The Hall–Kier alpha value is -0.910. The van der Waals surface area contributed by atoms with Crippen molar-refractivity contribution in [3.63, 3.8) is 0 Å². The molecule has 2 N–H and O–H groups in total. The molecule has 0 fully saturated rings. The lowest BCUT2D eigenvalue weighted by atomic mass is 9.99. The number of nitrogens with one attached hydrogen (secondary N) is 1. The van der Waals surface area contributed by atoms with Crippen LogP contribution in [0.25, 0.3) is 0 Å². The molecule has 0 aromatic carbocycles. The summed E-state index contributed by atoms with van der Waals surface area (Å²) in [4.78, 5) is 0. The van der Waals surface area contributed by atoms with E-state index in [0.717, 1.165) is 17.0 Å². The minimum absolute atomic E-state index is 0.133. The maximum Gasteiger partial charge on any atom is 0.138 e. The van der Waals surface area contributed by atoms with Gasteiger partial charge in [-0.15, -0.1) is 0 Å². The second-order valence-corrected chi connectivity index (χ2v) is 4.62. The fourth-order valence-corrected chi connectivity index (χ4v) is 1.83. The van der Waals surface area contributed by atoms with Crippen molar-refractivity contribution in [1.82, 2.24) is 10.5 Å². The van der Waals surface area contributed by atoms with E-state index in [1.807, 2.05) is 20.8 Å². The summed E-state index contributed by atoms with van der Waals surface area (Å²) in [5, 5.41) is 16.4. The number of nitrogens with zero attached hydrogens (tertiary/aromatic N) is 1. The number of hydrogen-bond acceptors (Lipinski definition) is 5.